The van der Waals surface area contributed by atoms with Crippen molar-refractivity contribution >= 4 is 23.5 Å². The van der Waals surface area contributed by atoms with E-state index in [-0.39, 0.29) is 11.9 Å². The molecule has 0 saturated carbocycles. The van der Waals surface area contributed by atoms with Gasteiger partial charge in [0.25, 0.3) is 0 Å². The second-order valence-electron chi connectivity index (χ2n) is 8.21. The Hall–Kier alpha value is -1.55. The largest absolute Gasteiger partial charge is 0.466 e. The molecule has 31 heavy (non-hydrogen) atoms. The molecular weight excluding hydrogens is 412 g/mol. The van der Waals surface area contributed by atoms with E-state index in [1.54, 1.807) is 0 Å². The molecule has 1 rings (SSSR count). The number of unbranched alkanes of at least 4 members (excludes halogenated alkanes) is 10. The Morgan fingerprint density at radius 1 is 0.742 bits per heavy atom. The summed E-state index contributed by atoms with van der Waals surface area (Å²) in [4.78, 5) is 23.5. The molecule has 1 aromatic carbocycles. The molecular formula is C26H41ClO4. The van der Waals surface area contributed by atoms with E-state index in [2.05, 4.69) is 6.92 Å². The van der Waals surface area contributed by atoms with Gasteiger partial charge >= 0.3 is 11.9 Å². The monoisotopic (exact) mass is 452 g/mol. The zero-order valence-corrected chi connectivity index (χ0v) is 20.1. The number of rotatable bonds is 19. The van der Waals surface area contributed by atoms with Gasteiger partial charge in [0.1, 0.15) is 0 Å². The van der Waals surface area contributed by atoms with E-state index in [0.29, 0.717) is 37.5 Å². The molecule has 1 aromatic rings. The van der Waals surface area contributed by atoms with Gasteiger partial charge in [-0.3, -0.25) is 9.59 Å². The third-order valence-electron chi connectivity index (χ3n) is 5.32. The van der Waals surface area contributed by atoms with Crippen molar-refractivity contribution in [2.45, 2.75) is 103 Å². The summed E-state index contributed by atoms with van der Waals surface area (Å²) in [5.74, 6) is -0.191. The number of esters is 2. The van der Waals surface area contributed by atoms with Crippen molar-refractivity contribution in [3.8, 4) is 0 Å². The van der Waals surface area contributed by atoms with Gasteiger partial charge in [-0.25, -0.2) is 0 Å². The van der Waals surface area contributed by atoms with Crippen LogP contribution in [0.5, 0.6) is 0 Å². The molecule has 176 valence electrons. The number of carbonyl (C=O) groups excluding carboxylic acids is 2. The maximum atomic E-state index is 11.8. The van der Waals surface area contributed by atoms with Crippen molar-refractivity contribution in [3.05, 3.63) is 34.9 Å². The minimum Gasteiger partial charge on any atom is -0.466 e. The van der Waals surface area contributed by atoms with Crippen LogP contribution in [0, 0.1) is 0 Å². The Bertz CT molecular complexity index is 603. The topological polar surface area (TPSA) is 52.6 Å². The number of benzene rings is 1. The Morgan fingerprint density at radius 2 is 1.29 bits per heavy atom. The third kappa shape index (κ3) is 16.8. The highest BCUT2D eigenvalue weighted by atomic mass is 35.5. The molecule has 0 spiro atoms. The van der Waals surface area contributed by atoms with Gasteiger partial charge in [0, 0.05) is 24.3 Å². The van der Waals surface area contributed by atoms with Gasteiger partial charge < -0.3 is 9.47 Å². The minimum absolute atomic E-state index is 0.0610. The first-order chi connectivity index (χ1) is 15.1. The average molecular weight is 453 g/mol. The fraction of sp³-hybridized carbons (Fsp3) is 0.692. The summed E-state index contributed by atoms with van der Waals surface area (Å²) in [5.41, 5.74) is 1.08. The Labute approximate surface area is 194 Å². The van der Waals surface area contributed by atoms with Crippen LogP contribution in [0.25, 0.3) is 0 Å². The van der Waals surface area contributed by atoms with E-state index in [0.717, 1.165) is 56.9 Å². The molecule has 0 fully saturated rings. The molecule has 0 N–H and O–H groups in total. The van der Waals surface area contributed by atoms with Crippen LogP contribution in [0.1, 0.15) is 102 Å². The normalized spacial score (nSPS) is 10.8. The first-order valence-electron chi connectivity index (χ1n) is 12.2. The van der Waals surface area contributed by atoms with Crippen molar-refractivity contribution in [3.63, 3.8) is 0 Å². The molecule has 0 amide bonds. The van der Waals surface area contributed by atoms with Gasteiger partial charge in [0.15, 0.2) is 0 Å². The highest BCUT2D eigenvalue weighted by Gasteiger charge is 2.05. The van der Waals surface area contributed by atoms with Gasteiger partial charge in [-0.05, 0) is 37.0 Å². The van der Waals surface area contributed by atoms with E-state index in [1.165, 1.54) is 25.7 Å². The summed E-state index contributed by atoms with van der Waals surface area (Å²) in [6.07, 6.45) is 14.9. The molecule has 4 nitrogen and oxygen atoms in total. The second kappa shape index (κ2) is 19.2. The van der Waals surface area contributed by atoms with Crippen LogP contribution in [0.15, 0.2) is 24.3 Å². The summed E-state index contributed by atoms with van der Waals surface area (Å²) >= 11 is 5.94. The Balaban J connectivity index is 1.85. The minimum atomic E-state index is -0.130. The predicted molar refractivity (Wildman–Crippen MR) is 127 cm³/mol. The maximum Gasteiger partial charge on any atom is 0.305 e. The first-order valence-corrected chi connectivity index (χ1v) is 12.5. The summed E-state index contributed by atoms with van der Waals surface area (Å²) in [6.45, 7) is 3.18. The zero-order valence-electron chi connectivity index (χ0n) is 19.3. The van der Waals surface area contributed by atoms with E-state index in [4.69, 9.17) is 21.1 Å². The van der Waals surface area contributed by atoms with Gasteiger partial charge in [0.2, 0.25) is 0 Å². The van der Waals surface area contributed by atoms with Gasteiger partial charge in [-0.15, -0.1) is 0 Å². The molecule has 0 radical (unpaired) electrons. The second-order valence-corrected chi connectivity index (χ2v) is 8.65. The summed E-state index contributed by atoms with van der Waals surface area (Å²) in [7, 11) is 0. The average Bonchev–Trinajstić information content (AvgIpc) is 2.75. The fourth-order valence-electron chi connectivity index (χ4n) is 3.43. The lowest BCUT2D eigenvalue weighted by molar-refractivity contribution is -0.144. The van der Waals surface area contributed by atoms with Crippen LogP contribution in [0.2, 0.25) is 5.02 Å². The first kappa shape index (κ1) is 27.5. The van der Waals surface area contributed by atoms with Crippen LogP contribution < -0.4 is 0 Å². The maximum absolute atomic E-state index is 11.8. The highest BCUT2D eigenvalue weighted by molar-refractivity contribution is 6.30. The predicted octanol–water partition coefficient (Wildman–Crippen LogP) is 7.45. The molecule has 0 saturated heterocycles. The summed E-state index contributed by atoms with van der Waals surface area (Å²) in [5, 5.41) is 0.703. The molecule has 0 aliphatic rings. The quantitative estimate of drug-likeness (QED) is 0.161. The fourth-order valence-corrected chi connectivity index (χ4v) is 3.65. The van der Waals surface area contributed by atoms with Crippen molar-refractivity contribution in [2.24, 2.45) is 0 Å². The lowest BCUT2D eigenvalue weighted by Crippen LogP contribution is -2.07. The smallest absolute Gasteiger partial charge is 0.305 e. The molecule has 0 aromatic heterocycles. The van der Waals surface area contributed by atoms with Crippen molar-refractivity contribution in [1.82, 2.24) is 0 Å². The SMILES string of the molecule is CCCCCCCCOC(=O)CCCCCCCCC(=O)OCCc1cccc(Cl)c1. The number of halogens is 1. The molecule has 0 atom stereocenters. The van der Waals surface area contributed by atoms with Crippen LogP contribution in [0.3, 0.4) is 0 Å². The molecule has 0 aliphatic heterocycles. The van der Waals surface area contributed by atoms with Crippen LogP contribution in [0.4, 0.5) is 0 Å². The molecule has 0 unspecified atom stereocenters. The Kier molecular flexibility index (Phi) is 17.0. The van der Waals surface area contributed by atoms with E-state index < -0.39 is 0 Å². The number of carbonyl (C=O) groups is 2. The van der Waals surface area contributed by atoms with Crippen LogP contribution >= 0.6 is 11.6 Å². The van der Waals surface area contributed by atoms with Gasteiger partial charge in [0.05, 0.1) is 13.2 Å². The molecule has 0 aliphatic carbocycles. The van der Waals surface area contributed by atoms with Crippen LogP contribution in [-0.2, 0) is 25.5 Å². The van der Waals surface area contributed by atoms with Crippen molar-refractivity contribution < 1.29 is 19.1 Å². The van der Waals surface area contributed by atoms with E-state index in [1.807, 2.05) is 24.3 Å². The lowest BCUT2D eigenvalue weighted by atomic mass is 10.1. The number of ether oxygens (including phenoxy) is 2. The lowest BCUT2D eigenvalue weighted by Gasteiger charge is -2.06. The number of hydrogen-bond acceptors (Lipinski definition) is 4. The number of hydrogen-bond donors (Lipinski definition) is 0. The van der Waals surface area contributed by atoms with Crippen LogP contribution in [-0.4, -0.2) is 25.2 Å². The standard InChI is InChI=1S/C26H41ClO4/c1-2-3-4-5-10-13-20-30-25(28)17-11-8-6-7-9-12-18-26(29)31-21-19-23-15-14-16-24(27)22-23/h14-16,22H,2-13,17-21H2,1H3. The van der Waals surface area contributed by atoms with E-state index >= 15 is 0 Å². The molecule has 5 heteroatoms. The van der Waals surface area contributed by atoms with Crippen molar-refractivity contribution in [2.75, 3.05) is 13.2 Å². The van der Waals surface area contributed by atoms with E-state index in [9.17, 15) is 9.59 Å². The van der Waals surface area contributed by atoms with Gasteiger partial charge in [-0.2, -0.15) is 0 Å². The van der Waals surface area contributed by atoms with Crippen molar-refractivity contribution in [1.29, 1.82) is 0 Å². The summed E-state index contributed by atoms with van der Waals surface area (Å²) < 4.78 is 10.6. The highest BCUT2D eigenvalue weighted by Crippen LogP contribution is 2.12. The molecule has 0 heterocycles. The summed E-state index contributed by atoms with van der Waals surface area (Å²) in [6, 6.07) is 7.61. The molecule has 0 bridgehead atoms. The van der Waals surface area contributed by atoms with Gasteiger partial charge in [-0.1, -0.05) is 88.4 Å². The zero-order chi connectivity index (χ0) is 22.6. The Morgan fingerprint density at radius 3 is 1.90 bits per heavy atom. The third-order valence-corrected chi connectivity index (χ3v) is 5.55.